The van der Waals surface area contributed by atoms with E-state index >= 15 is 0 Å². The zero-order valence-electron chi connectivity index (χ0n) is 11.7. The molecule has 0 radical (unpaired) electrons. The number of morpholine rings is 1. The molecule has 0 aromatic heterocycles. The number of aryl methyl sites for hydroxylation is 1. The Hall–Kier alpha value is -1.06. The molecule has 100 valence electrons. The Morgan fingerprint density at radius 2 is 2.06 bits per heavy atom. The van der Waals surface area contributed by atoms with E-state index in [0.29, 0.717) is 5.75 Å². The molecule has 0 bridgehead atoms. The summed E-state index contributed by atoms with van der Waals surface area (Å²) >= 11 is 0. The van der Waals surface area contributed by atoms with Gasteiger partial charge in [0.2, 0.25) is 0 Å². The Balaban J connectivity index is 2.36. The molecule has 1 aromatic rings. The highest BCUT2D eigenvalue weighted by Gasteiger charge is 2.23. The zero-order chi connectivity index (χ0) is 13.3. The second-order valence-corrected chi connectivity index (χ2v) is 6.04. The predicted octanol–water partition coefficient (Wildman–Crippen LogP) is 2.66. The van der Waals surface area contributed by atoms with E-state index in [0.717, 1.165) is 30.8 Å². The first kappa shape index (κ1) is 13.4. The van der Waals surface area contributed by atoms with Crippen molar-refractivity contribution in [3.05, 3.63) is 28.8 Å². The van der Waals surface area contributed by atoms with Crippen molar-refractivity contribution in [2.75, 3.05) is 19.7 Å². The van der Waals surface area contributed by atoms with Crippen LogP contribution in [0.5, 0.6) is 5.75 Å². The molecular formula is C15H23NO2. The molecular weight excluding hydrogens is 226 g/mol. The molecule has 3 heteroatoms. The molecule has 0 spiro atoms. The average Bonchev–Trinajstić information content (AvgIpc) is 2.31. The fraction of sp³-hybridized carbons (Fsp3) is 0.600. The Labute approximate surface area is 109 Å². The van der Waals surface area contributed by atoms with E-state index < -0.39 is 0 Å². The molecule has 2 rings (SSSR count). The minimum Gasteiger partial charge on any atom is -0.508 e. The Morgan fingerprint density at radius 1 is 1.33 bits per heavy atom. The quantitative estimate of drug-likeness (QED) is 0.804. The fourth-order valence-corrected chi connectivity index (χ4v) is 2.43. The Bertz CT molecular complexity index is 429. The van der Waals surface area contributed by atoms with Crippen LogP contribution in [0.25, 0.3) is 0 Å². The molecule has 1 aromatic carbocycles. The average molecular weight is 249 g/mol. The molecule has 1 heterocycles. The lowest BCUT2D eigenvalue weighted by Crippen LogP contribution is -2.33. The summed E-state index contributed by atoms with van der Waals surface area (Å²) < 4.78 is 5.75. The van der Waals surface area contributed by atoms with Crippen LogP contribution < -0.4 is 5.32 Å². The number of ether oxygens (including phenoxy) is 1. The first-order chi connectivity index (χ1) is 8.39. The van der Waals surface area contributed by atoms with Crippen molar-refractivity contribution < 1.29 is 9.84 Å². The van der Waals surface area contributed by atoms with E-state index in [1.165, 1.54) is 5.56 Å². The smallest absolute Gasteiger partial charge is 0.119 e. The third-order valence-electron chi connectivity index (χ3n) is 3.47. The predicted molar refractivity (Wildman–Crippen MR) is 73.1 cm³/mol. The topological polar surface area (TPSA) is 41.5 Å². The summed E-state index contributed by atoms with van der Waals surface area (Å²) in [5.74, 6) is 0.372. The van der Waals surface area contributed by atoms with E-state index in [1.54, 1.807) is 0 Å². The number of aromatic hydroxyl groups is 1. The van der Waals surface area contributed by atoms with Crippen LogP contribution in [-0.4, -0.2) is 24.8 Å². The third kappa shape index (κ3) is 2.68. The molecule has 18 heavy (non-hydrogen) atoms. The summed E-state index contributed by atoms with van der Waals surface area (Å²) in [4.78, 5) is 0. The summed E-state index contributed by atoms with van der Waals surface area (Å²) in [5.41, 5.74) is 3.23. The van der Waals surface area contributed by atoms with Crippen molar-refractivity contribution in [2.45, 2.75) is 39.2 Å². The molecule has 1 aliphatic heterocycles. The van der Waals surface area contributed by atoms with E-state index in [2.05, 4.69) is 39.1 Å². The molecule has 0 saturated carbocycles. The molecule has 1 aliphatic rings. The normalized spacial score (nSPS) is 21.0. The van der Waals surface area contributed by atoms with Crippen molar-refractivity contribution in [1.82, 2.24) is 5.32 Å². The van der Waals surface area contributed by atoms with E-state index in [-0.39, 0.29) is 11.5 Å². The van der Waals surface area contributed by atoms with Crippen LogP contribution >= 0.6 is 0 Å². The summed E-state index contributed by atoms with van der Waals surface area (Å²) in [5, 5.41) is 13.5. The Kier molecular flexibility index (Phi) is 3.64. The van der Waals surface area contributed by atoms with Gasteiger partial charge in [-0.05, 0) is 35.1 Å². The van der Waals surface area contributed by atoms with Crippen LogP contribution in [0, 0.1) is 6.92 Å². The molecule has 3 nitrogen and oxygen atoms in total. The molecule has 0 aliphatic carbocycles. The van der Waals surface area contributed by atoms with Gasteiger partial charge in [-0.1, -0.05) is 26.8 Å². The van der Waals surface area contributed by atoms with Crippen molar-refractivity contribution >= 4 is 0 Å². The number of nitrogens with one attached hydrogen (secondary N) is 1. The number of rotatable bonds is 1. The zero-order valence-corrected chi connectivity index (χ0v) is 11.7. The molecule has 2 N–H and O–H groups in total. The lowest BCUT2D eigenvalue weighted by molar-refractivity contribution is 0.0272. The summed E-state index contributed by atoms with van der Waals surface area (Å²) in [6, 6.07) is 3.95. The van der Waals surface area contributed by atoms with Gasteiger partial charge in [0.25, 0.3) is 0 Å². The summed E-state index contributed by atoms with van der Waals surface area (Å²) in [7, 11) is 0. The van der Waals surface area contributed by atoms with Gasteiger partial charge in [0.1, 0.15) is 5.75 Å². The van der Waals surface area contributed by atoms with Crippen LogP contribution in [0.3, 0.4) is 0 Å². The number of phenols is 1. The first-order valence-corrected chi connectivity index (χ1v) is 6.56. The van der Waals surface area contributed by atoms with Gasteiger partial charge in [-0.3, -0.25) is 0 Å². The standard InChI is InChI=1S/C15H23NO2/c1-10-7-12(15(2,3)4)13(17)8-11(10)14-9-16-5-6-18-14/h7-8,14,16-17H,5-6,9H2,1-4H3. The highest BCUT2D eigenvalue weighted by molar-refractivity contribution is 5.45. The first-order valence-electron chi connectivity index (χ1n) is 6.56. The maximum atomic E-state index is 10.2. The molecule has 0 amide bonds. The molecule has 1 fully saturated rings. The van der Waals surface area contributed by atoms with Gasteiger partial charge in [0.05, 0.1) is 12.7 Å². The van der Waals surface area contributed by atoms with Gasteiger partial charge >= 0.3 is 0 Å². The van der Waals surface area contributed by atoms with E-state index in [4.69, 9.17) is 4.74 Å². The monoisotopic (exact) mass is 249 g/mol. The van der Waals surface area contributed by atoms with Crippen LogP contribution in [0.4, 0.5) is 0 Å². The number of hydrogen-bond donors (Lipinski definition) is 2. The van der Waals surface area contributed by atoms with Crippen LogP contribution in [-0.2, 0) is 10.2 Å². The largest absolute Gasteiger partial charge is 0.508 e. The van der Waals surface area contributed by atoms with Crippen LogP contribution in [0.1, 0.15) is 43.6 Å². The fourth-order valence-electron chi connectivity index (χ4n) is 2.43. The van der Waals surface area contributed by atoms with Gasteiger partial charge in [-0.2, -0.15) is 0 Å². The number of hydrogen-bond acceptors (Lipinski definition) is 3. The lowest BCUT2D eigenvalue weighted by atomic mass is 9.84. The highest BCUT2D eigenvalue weighted by atomic mass is 16.5. The highest BCUT2D eigenvalue weighted by Crippen LogP contribution is 2.35. The van der Waals surface area contributed by atoms with Crippen molar-refractivity contribution in [3.8, 4) is 5.75 Å². The van der Waals surface area contributed by atoms with Gasteiger partial charge in [-0.25, -0.2) is 0 Å². The van der Waals surface area contributed by atoms with Crippen molar-refractivity contribution in [3.63, 3.8) is 0 Å². The summed E-state index contributed by atoms with van der Waals surface area (Å²) in [6.07, 6.45) is 0.0543. The molecule has 1 unspecified atom stereocenters. The minimum absolute atomic E-state index is 0.0426. The second-order valence-electron chi connectivity index (χ2n) is 6.04. The van der Waals surface area contributed by atoms with Gasteiger partial charge < -0.3 is 15.2 Å². The van der Waals surface area contributed by atoms with Gasteiger partial charge in [0.15, 0.2) is 0 Å². The maximum Gasteiger partial charge on any atom is 0.119 e. The SMILES string of the molecule is Cc1cc(C(C)(C)C)c(O)cc1C1CNCCO1. The van der Waals surface area contributed by atoms with Crippen LogP contribution in [0.2, 0.25) is 0 Å². The lowest BCUT2D eigenvalue weighted by Gasteiger charge is -2.27. The number of benzene rings is 1. The third-order valence-corrected chi connectivity index (χ3v) is 3.47. The van der Waals surface area contributed by atoms with Crippen LogP contribution in [0.15, 0.2) is 12.1 Å². The summed E-state index contributed by atoms with van der Waals surface area (Å²) in [6.45, 7) is 10.9. The van der Waals surface area contributed by atoms with E-state index in [1.807, 2.05) is 6.07 Å². The molecule has 1 atom stereocenters. The Morgan fingerprint density at radius 3 is 2.61 bits per heavy atom. The van der Waals surface area contributed by atoms with Crippen molar-refractivity contribution in [1.29, 1.82) is 0 Å². The van der Waals surface area contributed by atoms with Gasteiger partial charge in [-0.15, -0.1) is 0 Å². The minimum atomic E-state index is -0.0426. The number of phenolic OH excluding ortho intramolecular Hbond substituents is 1. The second kappa shape index (κ2) is 4.90. The maximum absolute atomic E-state index is 10.2. The van der Waals surface area contributed by atoms with Crippen molar-refractivity contribution in [2.24, 2.45) is 0 Å². The molecule has 1 saturated heterocycles. The van der Waals surface area contributed by atoms with Gasteiger partial charge in [0, 0.05) is 13.1 Å². The van der Waals surface area contributed by atoms with E-state index in [9.17, 15) is 5.11 Å².